The molecule has 10 heteroatoms. The fraction of sp³-hybridized carbons (Fsp3) is 0.214. The number of rotatable bonds is 6. The van der Waals surface area contributed by atoms with Crippen LogP contribution >= 0.6 is 11.3 Å². The van der Waals surface area contributed by atoms with Crippen LogP contribution < -0.4 is 10.6 Å². The quantitative estimate of drug-likeness (QED) is 0.398. The molecule has 0 saturated heterocycles. The van der Waals surface area contributed by atoms with E-state index in [9.17, 15) is 14.9 Å². The van der Waals surface area contributed by atoms with E-state index < -0.39 is 4.92 Å². The summed E-state index contributed by atoms with van der Waals surface area (Å²) in [7, 11) is 0. The Bertz CT molecular complexity index is 904. The van der Waals surface area contributed by atoms with E-state index in [1.54, 1.807) is 0 Å². The highest BCUT2D eigenvalue weighted by Gasteiger charge is 2.17. The molecule has 0 atom stereocenters. The highest BCUT2D eigenvalue weighted by molar-refractivity contribution is 7.17. The summed E-state index contributed by atoms with van der Waals surface area (Å²) < 4.78 is 6.03. The molecule has 0 saturated carbocycles. The second-order valence-electron chi connectivity index (χ2n) is 4.84. The SMILES string of the molecule is CC(=O)NCCNc1nc(-c2ccc([N+](=O)[O-])o2)nc2ccsc12. The van der Waals surface area contributed by atoms with Crippen LogP contribution in [0.1, 0.15) is 6.92 Å². The standard InChI is InChI=1S/C14H13N5O4S/c1-8(20)15-5-6-16-14-12-9(4-7-24-12)17-13(18-14)10-2-3-11(23-10)19(21)22/h2-4,7H,5-6H2,1H3,(H,15,20)(H,16,17,18). The Balaban J connectivity index is 1.88. The number of thiophene rings is 1. The van der Waals surface area contributed by atoms with Gasteiger partial charge in [0, 0.05) is 20.0 Å². The minimum atomic E-state index is -0.612. The predicted octanol–water partition coefficient (Wildman–Crippen LogP) is 2.41. The van der Waals surface area contributed by atoms with Crippen molar-refractivity contribution in [1.82, 2.24) is 15.3 Å². The number of nitro groups is 1. The first-order chi connectivity index (χ1) is 11.5. The van der Waals surface area contributed by atoms with Gasteiger partial charge < -0.3 is 15.1 Å². The Morgan fingerprint density at radius 2 is 2.17 bits per heavy atom. The maximum atomic E-state index is 10.9. The van der Waals surface area contributed by atoms with Crippen molar-refractivity contribution in [3.63, 3.8) is 0 Å². The van der Waals surface area contributed by atoms with Gasteiger partial charge in [-0.2, -0.15) is 0 Å². The van der Waals surface area contributed by atoms with Crippen LogP contribution in [0.15, 0.2) is 28.0 Å². The van der Waals surface area contributed by atoms with E-state index in [4.69, 9.17) is 4.42 Å². The molecule has 24 heavy (non-hydrogen) atoms. The number of aromatic nitrogens is 2. The Morgan fingerprint density at radius 3 is 2.88 bits per heavy atom. The van der Waals surface area contributed by atoms with Gasteiger partial charge in [-0.1, -0.05) is 0 Å². The van der Waals surface area contributed by atoms with Gasteiger partial charge in [0.05, 0.1) is 16.3 Å². The van der Waals surface area contributed by atoms with E-state index in [1.165, 1.54) is 30.4 Å². The number of nitrogens with zero attached hydrogens (tertiary/aromatic N) is 3. The van der Waals surface area contributed by atoms with Crippen molar-refractivity contribution < 1.29 is 14.1 Å². The summed E-state index contributed by atoms with van der Waals surface area (Å²) in [6, 6.07) is 4.56. The van der Waals surface area contributed by atoms with Crippen LogP contribution in [0, 0.1) is 10.1 Å². The number of carbonyl (C=O) groups is 1. The summed E-state index contributed by atoms with van der Waals surface area (Å²) in [5, 5.41) is 18.4. The van der Waals surface area contributed by atoms with Crippen LogP contribution in [-0.2, 0) is 4.79 Å². The lowest BCUT2D eigenvalue weighted by atomic mass is 10.3. The van der Waals surface area contributed by atoms with E-state index in [0.717, 1.165) is 4.70 Å². The van der Waals surface area contributed by atoms with E-state index in [0.29, 0.717) is 24.4 Å². The van der Waals surface area contributed by atoms with Crippen LogP contribution in [0.2, 0.25) is 0 Å². The van der Waals surface area contributed by atoms with Crippen molar-refractivity contribution >= 4 is 39.2 Å². The van der Waals surface area contributed by atoms with Crippen LogP contribution in [0.4, 0.5) is 11.7 Å². The molecular formula is C14H13N5O4S. The zero-order valence-electron chi connectivity index (χ0n) is 12.6. The lowest BCUT2D eigenvalue weighted by Gasteiger charge is -2.08. The highest BCUT2D eigenvalue weighted by atomic mass is 32.1. The maximum Gasteiger partial charge on any atom is 0.433 e. The third-order valence-electron chi connectivity index (χ3n) is 3.09. The van der Waals surface area contributed by atoms with Gasteiger partial charge in [0.2, 0.25) is 5.91 Å². The molecule has 0 aliphatic carbocycles. The summed E-state index contributed by atoms with van der Waals surface area (Å²) in [5.41, 5.74) is 0.714. The highest BCUT2D eigenvalue weighted by Crippen LogP contribution is 2.30. The topological polar surface area (TPSA) is 123 Å². The Hall–Kier alpha value is -3.01. The number of amides is 1. The average Bonchev–Trinajstić information content (AvgIpc) is 3.19. The first-order valence-corrected chi connectivity index (χ1v) is 7.90. The monoisotopic (exact) mass is 347 g/mol. The molecule has 0 bridgehead atoms. The zero-order chi connectivity index (χ0) is 17.1. The third kappa shape index (κ3) is 3.33. The molecule has 0 aromatic carbocycles. The van der Waals surface area contributed by atoms with Crippen molar-refractivity contribution in [2.45, 2.75) is 6.92 Å². The fourth-order valence-corrected chi connectivity index (χ4v) is 2.86. The zero-order valence-corrected chi connectivity index (χ0v) is 13.4. The van der Waals surface area contributed by atoms with Gasteiger partial charge in [-0.3, -0.25) is 14.9 Å². The van der Waals surface area contributed by atoms with Crippen LogP contribution in [-0.4, -0.2) is 33.9 Å². The number of furan rings is 1. The third-order valence-corrected chi connectivity index (χ3v) is 4.00. The smallest absolute Gasteiger partial charge is 0.397 e. The molecule has 0 radical (unpaired) electrons. The minimum Gasteiger partial charge on any atom is -0.397 e. The number of nitrogens with one attached hydrogen (secondary N) is 2. The Kier molecular flexibility index (Phi) is 4.38. The largest absolute Gasteiger partial charge is 0.433 e. The molecule has 3 aromatic heterocycles. The van der Waals surface area contributed by atoms with Crippen molar-refractivity contribution in [3.05, 3.63) is 33.7 Å². The molecule has 0 aliphatic heterocycles. The molecule has 124 valence electrons. The van der Waals surface area contributed by atoms with E-state index in [-0.39, 0.29) is 23.4 Å². The first-order valence-electron chi connectivity index (χ1n) is 7.03. The first kappa shape index (κ1) is 15.9. The second kappa shape index (κ2) is 6.62. The Labute approximate surface area is 139 Å². The molecule has 0 unspecified atom stereocenters. The summed E-state index contributed by atoms with van der Waals surface area (Å²) in [6.07, 6.45) is 0. The maximum absolute atomic E-state index is 10.9. The van der Waals surface area contributed by atoms with Crippen molar-refractivity contribution in [2.75, 3.05) is 18.4 Å². The van der Waals surface area contributed by atoms with E-state index in [2.05, 4.69) is 20.6 Å². The van der Waals surface area contributed by atoms with Crippen LogP contribution in [0.3, 0.4) is 0 Å². The summed E-state index contributed by atoms with van der Waals surface area (Å²) >= 11 is 1.48. The number of hydrogen-bond donors (Lipinski definition) is 2. The lowest BCUT2D eigenvalue weighted by Crippen LogP contribution is -2.26. The molecule has 3 aromatic rings. The van der Waals surface area contributed by atoms with Gasteiger partial charge in [-0.25, -0.2) is 9.97 Å². The molecule has 0 fully saturated rings. The number of hydrogen-bond acceptors (Lipinski definition) is 8. The summed E-state index contributed by atoms with van der Waals surface area (Å²) in [4.78, 5) is 29.8. The van der Waals surface area contributed by atoms with Gasteiger partial charge in [-0.05, 0) is 17.5 Å². The fourth-order valence-electron chi connectivity index (χ4n) is 2.06. The molecule has 2 N–H and O–H groups in total. The molecule has 9 nitrogen and oxygen atoms in total. The molecule has 3 heterocycles. The van der Waals surface area contributed by atoms with Crippen molar-refractivity contribution in [2.24, 2.45) is 0 Å². The number of anilines is 1. The van der Waals surface area contributed by atoms with Gasteiger partial charge >= 0.3 is 5.88 Å². The predicted molar refractivity (Wildman–Crippen MR) is 88.9 cm³/mol. The van der Waals surface area contributed by atoms with Gasteiger partial charge in [0.15, 0.2) is 11.6 Å². The van der Waals surface area contributed by atoms with Crippen LogP contribution in [0.5, 0.6) is 0 Å². The molecule has 0 aliphatic rings. The van der Waals surface area contributed by atoms with Crippen molar-refractivity contribution in [1.29, 1.82) is 0 Å². The number of carbonyl (C=O) groups excluding carboxylic acids is 1. The average molecular weight is 347 g/mol. The normalized spacial score (nSPS) is 10.7. The molecule has 3 rings (SSSR count). The van der Waals surface area contributed by atoms with E-state index in [1.807, 2.05) is 11.4 Å². The number of fused-ring (bicyclic) bond motifs is 1. The molecule has 0 spiro atoms. The van der Waals surface area contributed by atoms with Gasteiger partial charge in [-0.15, -0.1) is 11.3 Å². The summed E-state index contributed by atoms with van der Waals surface area (Å²) in [6.45, 7) is 2.39. The summed E-state index contributed by atoms with van der Waals surface area (Å²) in [5.74, 6) is 0.605. The van der Waals surface area contributed by atoms with Crippen LogP contribution in [0.25, 0.3) is 21.8 Å². The minimum absolute atomic E-state index is 0.107. The second-order valence-corrected chi connectivity index (χ2v) is 5.75. The lowest BCUT2D eigenvalue weighted by molar-refractivity contribution is -0.401. The Morgan fingerprint density at radius 1 is 1.33 bits per heavy atom. The molecule has 1 amide bonds. The molecular weight excluding hydrogens is 334 g/mol. The van der Waals surface area contributed by atoms with E-state index >= 15 is 0 Å². The van der Waals surface area contributed by atoms with Crippen molar-refractivity contribution in [3.8, 4) is 11.6 Å². The van der Waals surface area contributed by atoms with Gasteiger partial charge in [0.25, 0.3) is 0 Å². The van der Waals surface area contributed by atoms with Gasteiger partial charge in [0.1, 0.15) is 10.7 Å².